The molecule has 3 atom stereocenters. The summed E-state index contributed by atoms with van der Waals surface area (Å²) in [6.07, 6.45) is 1.35. The number of nitrogens with zero attached hydrogens (tertiary/aromatic N) is 1. The third kappa shape index (κ3) is 3.08. The Balaban J connectivity index is 2.33. The van der Waals surface area contributed by atoms with Crippen molar-refractivity contribution in [2.45, 2.75) is 31.0 Å². The molecule has 0 heterocycles. The minimum atomic E-state index is -1.07. The molecular formula is C15H23NO3. The lowest BCUT2D eigenvalue weighted by Gasteiger charge is -2.43. The molecular weight excluding hydrogens is 242 g/mol. The van der Waals surface area contributed by atoms with Gasteiger partial charge in [0.25, 0.3) is 0 Å². The lowest BCUT2D eigenvalue weighted by molar-refractivity contribution is -0.0992. The molecule has 3 unspecified atom stereocenters. The van der Waals surface area contributed by atoms with Gasteiger partial charge in [-0.05, 0) is 44.6 Å². The van der Waals surface area contributed by atoms with Crippen LogP contribution in [-0.2, 0) is 5.60 Å². The molecule has 1 aromatic carbocycles. The van der Waals surface area contributed by atoms with E-state index in [-0.39, 0.29) is 11.7 Å². The lowest BCUT2D eigenvalue weighted by atomic mass is 9.70. The number of aliphatic hydroxyl groups excluding tert-OH is 1. The highest BCUT2D eigenvalue weighted by molar-refractivity contribution is 5.32. The number of benzene rings is 1. The second-order valence-electron chi connectivity index (χ2n) is 5.87. The summed E-state index contributed by atoms with van der Waals surface area (Å²) in [5.74, 6) is 0.210. The maximum Gasteiger partial charge on any atom is 0.115 e. The third-order valence-corrected chi connectivity index (χ3v) is 4.00. The Bertz CT molecular complexity index is 435. The van der Waals surface area contributed by atoms with E-state index in [0.29, 0.717) is 12.0 Å². The zero-order valence-corrected chi connectivity index (χ0v) is 11.6. The minimum absolute atomic E-state index is 0.0627. The van der Waals surface area contributed by atoms with Crippen LogP contribution in [0.15, 0.2) is 24.3 Å². The summed E-state index contributed by atoms with van der Waals surface area (Å²) in [5, 5.41) is 30.5. The van der Waals surface area contributed by atoms with Crippen molar-refractivity contribution in [3.8, 4) is 5.75 Å². The van der Waals surface area contributed by atoms with Crippen molar-refractivity contribution in [1.82, 2.24) is 4.90 Å². The van der Waals surface area contributed by atoms with E-state index >= 15 is 0 Å². The van der Waals surface area contributed by atoms with Gasteiger partial charge < -0.3 is 20.2 Å². The molecule has 0 bridgehead atoms. The topological polar surface area (TPSA) is 63.9 Å². The van der Waals surface area contributed by atoms with Crippen LogP contribution in [0.25, 0.3) is 0 Å². The summed E-state index contributed by atoms with van der Waals surface area (Å²) in [6, 6.07) is 6.74. The van der Waals surface area contributed by atoms with E-state index in [1.54, 1.807) is 18.2 Å². The molecule has 1 fully saturated rings. The summed E-state index contributed by atoms with van der Waals surface area (Å²) >= 11 is 0. The van der Waals surface area contributed by atoms with Gasteiger partial charge in [0.2, 0.25) is 0 Å². The van der Waals surface area contributed by atoms with E-state index < -0.39 is 11.7 Å². The standard InChI is InChI=1S/C15H23NO3/c1-16(2)10-12-6-7-14(18)9-15(12,19)11-4-3-5-13(17)8-11/h3-5,8,12,14,17-19H,6-7,9-10H2,1-2H3. The molecule has 4 nitrogen and oxygen atoms in total. The second-order valence-corrected chi connectivity index (χ2v) is 5.87. The molecule has 0 amide bonds. The Morgan fingerprint density at radius 2 is 2.05 bits per heavy atom. The van der Waals surface area contributed by atoms with Crippen molar-refractivity contribution in [1.29, 1.82) is 0 Å². The molecule has 0 aromatic heterocycles. The number of phenols is 1. The first-order valence-corrected chi connectivity index (χ1v) is 6.76. The number of hydrogen-bond acceptors (Lipinski definition) is 4. The summed E-state index contributed by atoms with van der Waals surface area (Å²) in [6.45, 7) is 0.763. The van der Waals surface area contributed by atoms with Crippen LogP contribution in [0.1, 0.15) is 24.8 Å². The molecule has 19 heavy (non-hydrogen) atoms. The van der Waals surface area contributed by atoms with Crippen molar-refractivity contribution >= 4 is 0 Å². The largest absolute Gasteiger partial charge is 0.508 e. The van der Waals surface area contributed by atoms with Gasteiger partial charge in [-0.2, -0.15) is 0 Å². The van der Waals surface area contributed by atoms with Crippen LogP contribution in [0.4, 0.5) is 0 Å². The summed E-state index contributed by atoms with van der Waals surface area (Å²) < 4.78 is 0. The van der Waals surface area contributed by atoms with Crippen LogP contribution in [0, 0.1) is 5.92 Å². The fourth-order valence-corrected chi connectivity index (χ4v) is 3.07. The van der Waals surface area contributed by atoms with Crippen molar-refractivity contribution < 1.29 is 15.3 Å². The van der Waals surface area contributed by atoms with Gasteiger partial charge in [0.15, 0.2) is 0 Å². The van der Waals surface area contributed by atoms with E-state index in [0.717, 1.165) is 19.4 Å². The van der Waals surface area contributed by atoms with Gasteiger partial charge >= 0.3 is 0 Å². The fourth-order valence-electron chi connectivity index (χ4n) is 3.07. The maximum atomic E-state index is 11.0. The zero-order valence-electron chi connectivity index (χ0n) is 11.6. The Labute approximate surface area is 114 Å². The molecule has 0 radical (unpaired) electrons. The normalized spacial score (nSPS) is 31.6. The first kappa shape index (κ1) is 14.3. The first-order chi connectivity index (χ1) is 8.91. The van der Waals surface area contributed by atoms with Gasteiger partial charge in [-0.1, -0.05) is 12.1 Å². The maximum absolute atomic E-state index is 11.0. The van der Waals surface area contributed by atoms with E-state index in [4.69, 9.17) is 0 Å². The average Bonchev–Trinajstić information content (AvgIpc) is 2.32. The SMILES string of the molecule is CN(C)CC1CCC(O)CC1(O)c1cccc(O)c1. The van der Waals surface area contributed by atoms with Crippen molar-refractivity contribution in [3.05, 3.63) is 29.8 Å². The van der Waals surface area contributed by atoms with Crippen molar-refractivity contribution in [3.63, 3.8) is 0 Å². The molecule has 1 aromatic rings. The van der Waals surface area contributed by atoms with E-state index in [1.165, 1.54) is 0 Å². The molecule has 2 rings (SSSR count). The third-order valence-electron chi connectivity index (χ3n) is 4.00. The Kier molecular flexibility index (Phi) is 4.13. The quantitative estimate of drug-likeness (QED) is 0.771. The predicted octanol–water partition coefficient (Wildman–Crippen LogP) is 1.30. The number of phenolic OH excluding ortho intramolecular Hbond substituents is 1. The first-order valence-electron chi connectivity index (χ1n) is 6.76. The molecule has 0 aliphatic heterocycles. The number of rotatable bonds is 3. The summed E-state index contributed by atoms with van der Waals surface area (Å²) in [4.78, 5) is 2.05. The van der Waals surface area contributed by atoms with Crippen LogP contribution in [0.3, 0.4) is 0 Å². The number of aromatic hydroxyl groups is 1. The molecule has 3 N–H and O–H groups in total. The molecule has 1 aliphatic carbocycles. The van der Waals surface area contributed by atoms with Crippen LogP contribution >= 0.6 is 0 Å². The number of aliphatic hydroxyl groups is 2. The Morgan fingerprint density at radius 3 is 2.68 bits per heavy atom. The van der Waals surface area contributed by atoms with Crippen molar-refractivity contribution in [2.24, 2.45) is 5.92 Å². The highest BCUT2D eigenvalue weighted by Crippen LogP contribution is 2.42. The zero-order chi connectivity index (χ0) is 14.0. The van der Waals surface area contributed by atoms with E-state index in [2.05, 4.69) is 4.90 Å². The molecule has 106 valence electrons. The molecule has 1 aliphatic rings. The van der Waals surface area contributed by atoms with Gasteiger partial charge in [-0.15, -0.1) is 0 Å². The summed E-state index contributed by atoms with van der Waals surface area (Å²) in [5.41, 5.74) is -0.376. The molecule has 0 saturated heterocycles. The van der Waals surface area contributed by atoms with E-state index in [9.17, 15) is 15.3 Å². The van der Waals surface area contributed by atoms with Crippen LogP contribution in [0.2, 0.25) is 0 Å². The minimum Gasteiger partial charge on any atom is -0.508 e. The average molecular weight is 265 g/mol. The van der Waals surface area contributed by atoms with Crippen molar-refractivity contribution in [2.75, 3.05) is 20.6 Å². The summed E-state index contributed by atoms with van der Waals surface area (Å²) in [7, 11) is 3.96. The second kappa shape index (κ2) is 5.49. The van der Waals surface area contributed by atoms with Gasteiger partial charge in [0.1, 0.15) is 5.75 Å². The monoisotopic (exact) mass is 265 g/mol. The van der Waals surface area contributed by atoms with Crippen LogP contribution in [0.5, 0.6) is 5.75 Å². The fraction of sp³-hybridized carbons (Fsp3) is 0.600. The van der Waals surface area contributed by atoms with Crippen LogP contribution < -0.4 is 0 Å². The van der Waals surface area contributed by atoms with Gasteiger partial charge in [-0.3, -0.25) is 0 Å². The molecule has 1 saturated carbocycles. The Hall–Kier alpha value is -1.10. The Morgan fingerprint density at radius 1 is 1.32 bits per heavy atom. The molecule has 0 spiro atoms. The van der Waals surface area contributed by atoms with Crippen LogP contribution in [-0.4, -0.2) is 47.0 Å². The molecule has 4 heteroatoms. The highest BCUT2D eigenvalue weighted by Gasteiger charge is 2.43. The van der Waals surface area contributed by atoms with E-state index in [1.807, 2.05) is 20.2 Å². The van der Waals surface area contributed by atoms with Gasteiger partial charge in [-0.25, -0.2) is 0 Å². The van der Waals surface area contributed by atoms with Gasteiger partial charge in [0.05, 0.1) is 11.7 Å². The predicted molar refractivity (Wildman–Crippen MR) is 73.9 cm³/mol. The highest BCUT2D eigenvalue weighted by atomic mass is 16.3. The number of hydrogen-bond donors (Lipinski definition) is 3. The van der Waals surface area contributed by atoms with Gasteiger partial charge in [0, 0.05) is 18.9 Å². The smallest absolute Gasteiger partial charge is 0.115 e. The lowest BCUT2D eigenvalue weighted by Crippen LogP contribution is -2.46.